The number of aryl methyl sites for hydroxylation is 1. The molecule has 0 aromatic heterocycles. The highest BCUT2D eigenvalue weighted by atomic mass is 16.3. The Labute approximate surface area is 126 Å². The number of rotatable bonds is 2. The van der Waals surface area contributed by atoms with Crippen molar-refractivity contribution < 1.29 is 15.0 Å². The lowest BCUT2D eigenvalue weighted by molar-refractivity contribution is -0.0979. The first kappa shape index (κ1) is 18.7. The minimum Gasteiger partial charge on any atom is -0.508 e. The smallest absolute Gasteiger partial charge is 0.118 e. The van der Waals surface area contributed by atoms with Crippen LogP contribution in [-0.4, -0.2) is 17.0 Å². The molecule has 0 spiro atoms. The SMILES string of the molecule is C=O.CC(C)Cc1ccc(O)cc1.Cc1ccccc1O. The fraction of sp³-hybridized carbons (Fsp3) is 0.278. The average molecular weight is 288 g/mol. The summed E-state index contributed by atoms with van der Waals surface area (Å²) in [7, 11) is 0. The molecule has 114 valence electrons. The van der Waals surface area contributed by atoms with E-state index in [0.29, 0.717) is 17.4 Å². The van der Waals surface area contributed by atoms with Gasteiger partial charge in [-0.25, -0.2) is 0 Å². The molecule has 2 N–H and O–H groups in total. The van der Waals surface area contributed by atoms with Crippen molar-refractivity contribution in [2.45, 2.75) is 27.2 Å². The van der Waals surface area contributed by atoms with Crippen LogP contribution in [0.15, 0.2) is 48.5 Å². The Bertz CT molecular complexity index is 483. The molecule has 0 amide bonds. The Kier molecular flexibility index (Phi) is 9.35. The summed E-state index contributed by atoms with van der Waals surface area (Å²) in [5.74, 6) is 1.39. The molecule has 0 bridgehead atoms. The summed E-state index contributed by atoms with van der Waals surface area (Å²) >= 11 is 0. The maximum Gasteiger partial charge on any atom is 0.118 e. The van der Waals surface area contributed by atoms with Crippen LogP contribution in [0.5, 0.6) is 11.5 Å². The minimum atomic E-state index is 0.345. The molecule has 0 unspecified atom stereocenters. The second-order valence-electron chi connectivity index (χ2n) is 5.05. The molecule has 0 fully saturated rings. The Balaban J connectivity index is 0.000000354. The van der Waals surface area contributed by atoms with Gasteiger partial charge >= 0.3 is 0 Å². The van der Waals surface area contributed by atoms with Gasteiger partial charge in [-0.05, 0) is 48.6 Å². The second kappa shape index (κ2) is 10.5. The first-order valence-electron chi connectivity index (χ1n) is 6.80. The van der Waals surface area contributed by atoms with Crippen molar-refractivity contribution in [2.75, 3.05) is 0 Å². The summed E-state index contributed by atoms with van der Waals surface area (Å²) in [5, 5.41) is 17.9. The zero-order valence-electron chi connectivity index (χ0n) is 12.9. The maximum absolute atomic E-state index is 8.99. The molecule has 0 radical (unpaired) electrons. The van der Waals surface area contributed by atoms with E-state index in [1.807, 2.05) is 44.0 Å². The third-order valence-corrected chi connectivity index (χ3v) is 2.70. The highest BCUT2D eigenvalue weighted by Gasteiger charge is 1.96. The fourth-order valence-corrected chi connectivity index (χ4v) is 1.67. The molecule has 0 saturated carbocycles. The van der Waals surface area contributed by atoms with E-state index in [1.165, 1.54) is 5.56 Å². The van der Waals surface area contributed by atoms with Crippen LogP contribution >= 0.6 is 0 Å². The van der Waals surface area contributed by atoms with E-state index >= 15 is 0 Å². The molecule has 0 atom stereocenters. The molecule has 3 nitrogen and oxygen atoms in total. The van der Waals surface area contributed by atoms with E-state index in [-0.39, 0.29) is 0 Å². The third kappa shape index (κ3) is 8.47. The van der Waals surface area contributed by atoms with Crippen molar-refractivity contribution in [3.63, 3.8) is 0 Å². The van der Waals surface area contributed by atoms with Gasteiger partial charge in [0.05, 0.1) is 0 Å². The lowest BCUT2D eigenvalue weighted by Crippen LogP contribution is -1.92. The topological polar surface area (TPSA) is 57.5 Å². The van der Waals surface area contributed by atoms with Crippen LogP contribution in [0.4, 0.5) is 0 Å². The van der Waals surface area contributed by atoms with Crippen molar-refractivity contribution >= 4 is 6.79 Å². The molecule has 3 heteroatoms. The standard InChI is InChI=1S/C10H14O.C7H8O.CH2O/c1-8(2)7-9-3-5-10(11)6-4-9;1-6-4-2-3-5-7(6)8;1-2/h3-6,8,11H,7H2,1-2H3;2-5,8H,1H3;1H2. The van der Waals surface area contributed by atoms with Crippen LogP contribution < -0.4 is 0 Å². The lowest BCUT2D eigenvalue weighted by Gasteiger charge is -2.03. The quantitative estimate of drug-likeness (QED) is 0.874. The normalized spacial score (nSPS) is 9.14. The van der Waals surface area contributed by atoms with Gasteiger partial charge in [0.15, 0.2) is 0 Å². The van der Waals surface area contributed by atoms with Crippen molar-refractivity contribution in [1.29, 1.82) is 0 Å². The highest BCUT2D eigenvalue weighted by Crippen LogP contribution is 2.13. The van der Waals surface area contributed by atoms with Crippen molar-refractivity contribution in [2.24, 2.45) is 5.92 Å². The van der Waals surface area contributed by atoms with Gasteiger partial charge < -0.3 is 15.0 Å². The average Bonchev–Trinajstić information content (AvgIpc) is 2.47. The molecule has 0 aliphatic heterocycles. The van der Waals surface area contributed by atoms with E-state index in [1.54, 1.807) is 18.2 Å². The molecule has 21 heavy (non-hydrogen) atoms. The predicted molar refractivity (Wildman–Crippen MR) is 86.6 cm³/mol. The first-order valence-corrected chi connectivity index (χ1v) is 6.80. The summed E-state index contributed by atoms with van der Waals surface area (Å²) in [6.45, 7) is 8.25. The molecule has 2 aromatic carbocycles. The first-order chi connectivity index (χ1) is 9.99. The van der Waals surface area contributed by atoms with E-state index < -0.39 is 0 Å². The molecule has 0 heterocycles. The summed E-state index contributed by atoms with van der Waals surface area (Å²) in [4.78, 5) is 8.00. The van der Waals surface area contributed by atoms with Gasteiger partial charge in [-0.2, -0.15) is 0 Å². The van der Waals surface area contributed by atoms with Crippen LogP contribution in [-0.2, 0) is 11.2 Å². The molecule has 0 aliphatic carbocycles. The molecular weight excluding hydrogens is 264 g/mol. The number of carbonyl (C=O) groups is 1. The minimum absolute atomic E-state index is 0.345. The molecule has 2 rings (SSSR count). The number of para-hydroxylation sites is 1. The van der Waals surface area contributed by atoms with Crippen LogP contribution in [0.3, 0.4) is 0 Å². The Morgan fingerprint density at radius 3 is 1.86 bits per heavy atom. The largest absolute Gasteiger partial charge is 0.508 e. The van der Waals surface area contributed by atoms with E-state index in [2.05, 4.69) is 13.8 Å². The lowest BCUT2D eigenvalue weighted by atomic mass is 10.0. The third-order valence-electron chi connectivity index (χ3n) is 2.70. The van der Waals surface area contributed by atoms with Gasteiger partial charge in [0.2, 0.25) is 0 Å². The molecule has 0 saturated heterocycles. The van der Waals surface area contributed by atoms with Crippen LogP contribution in [0, 0.1) is 12.8 Å². The molecule has 2 aromatic rings. The van der Waals surface area contributed by atoms with Crippen molar-refractivity contribution in [3.8, 4) is 11.5 Å². The van der Waals surface area contributed by atoms with Gasteiger partial charge in [-0.1, -0.05) is 44.2 Å². The van der Waals surface area contributed by atoms with Gasteiger partial charge in [-0.15, -0.1) is 0 Å². The van der Waals surface area contributed by atoms with Crippen LogP contribution in [0.25, 0.3) is 0 Å². The van der Waals surface area contributed by atoms with Crippen molar-refractivity contribution in [3.05, 3.63) is 59.7 Å². The number of benzene rings is 2. The van der Waals surface area contributed by atoms with E-state index in [0.717, 1.165) is 12.0 Å². The number of phenolic OH excluding ortho intramolecular Hbond substituents is 2. The zero-order chi connectivity index (χ0) is 16.3. The second-order valence-corrected chi connectivity index (χ2v) is 5.05. The van der Waals surface area contributed by atoms with Crippen LogP contribution in [0.1, 0.15) is 25.0 Å². The number of hydrogen-bond acceptors (Lipinski definition) is 3. The Morgan fingerprint density at radius 1 is 0.952 bits per heavy atom. The summed E-state index contributed by atoms with van der Waals surface area (Å²) in [6, 6.07) is 14.7. The molecule has 0 aliphatic rings. The fourth-order valence-electron chi connectivity index (χ4n) is 1.67. The van der Waals surface area contributed by atoms with Gasteiger partial charge in [0, 0.05) is 0 Å². The summed E-state index contributed by atoms with van der Waals surface area (Å²) in [6.07, 6.45) is 1.08. The number of carbonyl (C=O) groups excluding carboxylic acids is 1. The van der Waals surface area contributed by atoms with Gasteiger partial charge in [0.25, 0.3) is 0 Å². The maximum atomic E-state index is 8.99. The Hall–Kier alpha value is -2.29. The van der Waals surface area contributed by atoms with Crippen LogP contribution in [0.2, 0.25) is 0 Å². The zero-order valence-corrected chi connectivity index (χ0v) is 12.9. The molecular formula is C18H24O3. The van der Waals surface area contributed by atoms with Gasteiger partial charge in [-0.3, -0.25) is 0 Å². The predicted octanol–water partition coefficient (Wildman–Crippen LogP) is 4.11. The number of phenols is 2. The monoisotopic (exact) mass is 288 g/mol. The number of hydrogen-bond donors (Lipinski definition) is 2. The van der Waals surface area contributed by atoms with Crippen molar-refractivity contribution in [1.82, 2.24) is 0 Å². The van der Waals surface area contributed by atoms with Gasteiger partial charge in [0.1, 0.15) is 18.3 Å². The summed E-state index contributed by atoms with van der Waals surface area (Å²) in [5.41, 5.74) is 2.21. The number of aromatic hydroxyl groups is 2. The highest BCUT2D eigenvalue weighted by molar-refractivity contribution is 5.29. The van der Waals surface area contributed by atoms with E-state index in [4.69, 9.17) is 15.0 Å². The summed E-state index contributed by atoms with van der Waals surface area (Å²) < 4.78 is 0. The Morgan fingerprint density at radius 2 is 1.48 bits per heavy atom. The van der Waals surface area contributed by atoms with E-state index in [9.17, 15) is 0 Å².